The SMILES string of the molecule is Fc1ccc(C(OCCN2CCN(C/C=C/c3ccco3)CC2)c2cccs2)cc1. The molecule has 3 heterocycles. The molecule has 0 amide bonds. The molecule has 0 spiro atoms. The molecule has 1 unspecified atom stereocenters. The molecule has 158 valence electrons. The molecule has 4 rings (SSSR count). The van der Waals surface area contributed by atoms with E-state index in [2.05, 4.69) is 27.3 Å². The first kappa shape index (κ1) is 21.0. The topological polar surface area (TPSA) is 28.9 Å². The van der Waals surface area contributed by atoms with E-state index in [9.17, 15) is 4.39 Å². The molecule has 0 N–H and O–H groups in total. The van der Waals surface area contributed by atoms with Gasteiger partial charge >= 0.3 is 0 Å². The van der Waals surface area contributed by atoms with Gasteiger partial charge in [-0.05, 0) is 47.4 Å². The Balaban J connectivity index is 1.22. The molecule has 0 saturated carbocycles. The standard InChI is InChI=1S/C24H27FN2O2S/c25-21-9-7-20(8-10-21)24(23-6-3-19-30-23)29-18-16-27-14-12-26(13-15-27)11-1-4-22-5-2-17-28-22/h1-10,17,19,24H,11-16,18H2/b4-1+. The highest BCUT2D eigenvalue weighted by Crippen LogP contribution is 2.29. The van der Waals surface area contributed by atoms with E-state index in [4.69, 9.17) is 9.15 Å². The second-order valence-corrected chi connectivity index (χ2v) is 8.36. The van der Waals surface area contributed by atoms with E-state index in [0.29, 0.717) is 6.61 Å². The number of hydrogen-bond acceptors (Lipinski definition) is 5. The summed E-state index contributed by atoms with van der Waals surface area (Å²) in [6.07, 6.45) is 5.74. The van der Waals surface area contributed by atoms with Gasteiger partial charge < -0.3 is 9.15 Å². The molecule has 1 aliphatic heterocycles. The van der Waals surface area contributed by atoms with Crippen LogP contribution in [0.2, 0.25) is 0 Å². The predicted molar refractivity (Wildman–Crippen MR) is 119 cm³/mol. The van der Waals surface area contributed by atoms with Crippen molar-refractivity contribution in [2.75, 3.05) is 45.9 Å². The second-order valence-electron chi connectivity index (χ2n) is 7.38. The Bertz CT molecular complexity index is 886. The molecule has 6 heteroatoms. The van der Waals surface area contributed by atoms with Gasteiger partial charge in [0.2, 0.25) is 0 Å². The quantitative estimate of drug-likeness (QED) is 0.486. The summed E-state index contributed by atoms with van der Waals surface area (Å²) >= 11 is 1.67. The van der Waals surface area contributed by atoms with Gasteiger partial charge in [0.1, 0.15) is 17.7 Å². The Morgan fingerprint density at radius 2 is 1.83 bits per heavy atom. The lowest BCUT2D eigenvalue weighted by atomic mass is 10.1. The summed E-state index contributed by atoms with van der Waals surface area (Å²) in [7, 11) is 0. The first-order chi connectivity index (χ1) is 14.8. The molecular formula is C24H27FN2O2S. The van der Waals surface area contributed by atoms with Crippen LogP contribution in [0.3, 0.4) is 0 Å². The van der Waals surface area contributed by atoms with E-state index in [-0.39, 0.29) is 11.9 Å². The van der Waals surface area contributed by atoms with Crippen molar-refractivity contribution < 1.29 is 13.5 Å². The number of piperazine rings is 1. The number of halogens is 1. The zero-order valence-corrected chi connectivity index (χ0v) is 17.8. The monoisotopic (exact) mass is 426 g/mol. The van der Waals surface area contributed by atoms with Crippen LogP contribution in [0.4, 0.5) is 4.39 Å². The van der Waals surface area contributed by atoms with E-state index < -0.39 is 0 Å². The van der Waals surface area contributed by atoms with Gasteiger partial charge in [0.15, 0.2) is 0 Å². The van der Waals surface area contributed by atoms with E-state index in [1.165, 1.54) is 12.1 Å². The number of furan rings is 1. The first-order valence-corrected chi connectivity index (χ1v) is 11.2. The van der Waals surface area contributed by atoms with Crippen molar-refractivity contribution in [3.63, 3.8) is 0 Å². The number of benzene rings is 1. The third kappa shape index (κ3) is 5.89. The van der Waals surface area contributed by atoms with Gasteiger partial charge in [-0.15, -0.1) is 11.3 Å². The van der Waals surface area contributed by atoms with Crippen LogP contribution in [0.1, 0.15) is 22.3 Å². The zero-order valence-electron chi connectivity index (χ0n) is 17.0. The molecule has 1 fully saturated rings. The van der Waals surface area contributed by atoms with Crippen molar-refractivity contribution in [1.29, 1.82) is 0 Å². The van der Waals surface area contributed by atoms with Crippen molar-refractivity contribution in [3.8, 4) is 0 Å². The molecule has 30 heavy (non-hydrogen) atoms. The minimum absolute atomic E-state index is 0.140. The third-order valence-corrected chi connectivity index (χ3v) is 6.24. The van der Waals surface area contributed by atoms with E-state index in [1.807, 2.05) is 36.4 Å². The Kier molecular flexibility index (Phi) is 7.48. The van der Waals surface area contributed by atoms with Crippen LogP contribution in [0, 0.1) is 5.82 Å². The maximum atomic E-state index is 13.3. The molecule has 1 atom stereocenters. The fraction of sp³-hybridized carbons (Fsp3) is 0.333. The van der Waals surface area contributed by atoms with Gasteiger partial charge in [-0.25, -0.2) is 4.39 Å². The first-order valence-electron chi connectivity index (χ1n) is 10.3. The third-order valence-electron chi connectivity index (χ3n) is 5.32. The molecule has 1 aliphatic rings. The van der Waals surface area contributed by atoms with Crippen LogP contribution in [0.25, 0.3) is 6.08 Å². The number of thiophene rings is 1. The van der Waals surface area contributed by atoms with Crippen LogP contribution in [-0.4, -0.2) is 55.7 Å². The Labute approximate surface area is 181 Å². The fourth-order valence-electron chi connectivity index (χ4n) is 3.62. The Hall–Kier alpha value is -2.25. The summed E-state index contributed by atoms with van der Waals surface area (Å²) in [5, 5.41) is 2.05. The van der Waals surface area contributed by atoms with Gasteiger partial charge in [0.25, 0.3) is 0 Å². The van der Waals surface area contributed by atoms with Crippen LogP contribution < -0.4 is 0 Å². The van der Waals surface area contributed by atoms with Crippen LogP contribution in [-0.2, 0) is 4.74 Å². The van der Waals surface area contributed by atoms with Gasteiger partial charge in [-0.3, -0.25) is 9.80 Å². The van der Waals surface area contributed by atoms with Gasteiger partial charge in [0.05, 0.1) is 12.9 Å². The average Bonchev–Trinajstić information content (AvgIpc) is 3.48. The maximum absolute atomic E-state index is 13.3. The van der Waals surface area contributed by atoms with Crippen LogP contribution in [0.5, 0.6) is 0 Å². The molecular weight excluding hydrogens is 399 g/mol. The number of rotatable bonds is 9. The Morgan fingerprint density at radius 1 is 1.03 bits per heavy atom. The van der Waals surface area contributed by atoms with Gasteiger partial charge in [0, 0.05) is 44.1 Å². The normalized spacial score (nSPS) is 17.0. The minimum atomic E-state index is -0.222. The van der Waals surface area contributed by atoms with E-state index in [0.717, 1.165) is 55.5 Å². The molecule has 3 aromatic rings. The number of nitrogens with zero attached hydrogens (tertiary/aromatic N) is 2. The lowest BCUT2D eigenvalue weighted by Gasteiger charge is -2.34. The van der Waals surface area contributed by atoms with Crippen LogP contribution >= 0.6 is 11.3 Å². The molecule has 4 nitrogen and oxygen atoms in total. The summed E-state index contributed by atoms with van der Waals surface area (Å²) in [6, 6.07) is 14.6. The highest BCUT2D eigenvalue weighted by molar-refractivity contribution is 7.10. The minimum Gasteiger partial charge on any atom is -0.465 e. The van der Waals surface area contributed by atoms with Gasteiger partial charge in [-0.1, -0.05) is 24.3 Å². The Morgan fingerprint density at radius 3 is 2.53 bits per heavy atom. The van der Waals surface area contributed by atoms with Crippen LogP contribution in [0.15, 0.2) is 70.7 Å². The van der Waals surface area contributed by atoms with Crippen molar-refractivity contribution in [3.05, 3.63) is 88.3 Å². The summed E-state index contributed by atoms with van der Waals surface area (Å²) in [4.78, 5) is 6.04. The zero-order chi connectivity index (χ0) is 20.6. The molecule has 1 aromatic carbocycles. The summed E-state index contributed by atoms with van der Waals surface area (Å²) in [5.74, 6) is 0.674. The van der Waals surface area contributed by atoms with Crippen molar-refractivity contribution >= 4 is 17.4 Å². The van der Waals surface area contributed by atoms with Gasteiger partial charge in [-0.2, -0.15) is 0 Å². The molecule has 0 radical (unpaired) electrons. The average molecular weight is 427 g/mol. The van der Waals surface area contributed by atoms with E-state index >= 15 is 0 Å². The largest absolute Gasteiger partial charge is 0.465 e. The fourth-order valence-corrected chi connectivity index (χ4v) is 4.42. The highest BCUT2D eigenvalue weighted by atomic mass is 32.1. The second kappa shape index (κ2) is 10.7. The van der Waals surface area contributed by atoms with Crippen molar-refractivity contribution in [2.24, 2.45) is 0 Å². The molecule has 0 bridgehead atoms. The summed E-state index contributed by atoms with van der Waals surface area (Å²) in [6.45, 7) is 6.67. The number of ether oxygens (including phenoxy) is 1. The van der Waals surface area contributed by atoms with Crippen molar-refractivity contribution in [1.82, 2.24) is 9.80 Å². The predicted octanol–water partition coefficient (Wildman–Crippen LogP) is 4.92. The maximum Gasteiger partial charge on any atom is 0.126 e. The number of hydrogen-bond donors (Lipinski definition) is 0. The lowest BCUT2D eigenvalue weighted by molar-refractivity contribution is 0.0482. The molecule has 0 aliphatic carbocycles. The highest BCUT2D eigenvalue weighted by Gasteiger charge is 2.19. The summed E-state index contributed by atoms with van der Waals surface area (Å²) < 4.78 is 24.9. The lowest BCUT2D eigenvalue weighted by Crippen LogP contribution is -2.47. The summed E-state index contributed by atoms with van der Waals surface area (Å²) in [5.41, 5.74) is 0.993. The van der Waals surface area contributed by atoms with Crippen molar-refractivity contribution in [2.45, 2.75) is 6.10 Å². The van der Waals surface area contributed by atoms with E-state index in [1.54, 1.807) is 17.6 Å². The smallest absolute Gasteiger partial charge is 0.126 e. The molecule has 1 saturated heterocycles. The molecule has 2 aromatic heterocycles.